The van der Waals surface area contributed by atoms with Crippen molar-refractivity contribution in [3.63, 3.8) is 0 Å². The number of methoxy groups -OCH3 is 1. The lowest BCUT2D eigenvalue weighted by molar-refractivity contribution is 0.101. The first-order chi connectivity index (χ1) is 15.2. The van der Waals surface area contributed by atoms with Gasteiger partial charge in [0.2, 0.25) is 5.95 Å². The van der Waals surface area contributed by atoms with Crippen LogP contribution >= 0.6 is 11.8 Å². The van der Waals surface area contributed by atoms with E-state index in [1.165, 1.54) is 37.1 Å². The molecule has 0 saturated carbocycles. The zero-order valence-corrected chi connectivity index (χ0v) is 18.0. The highest BCUT2D eigenvalue weighted by Gasteiger charge is 2.22. The van der Waals surface area contributed by atoms with Crippen LogP contribution in [-0.2, 0) is 11.3 Å². The normalized spacial score (nSPS) is 13.9. The summed E-state index contributed by atoms with van der Waals surface area (Å²) >= 11 is 1.28. The zero-order valence-electron chi connectivity index (χ0n) is 17.2. The molecule has 1 saturated heterocycles. The smallest absolute Gasteiger partial charge is 0.228 e. The maximum Gasteiger partial charge on any atom is 0.228 e. The van der Waals surface area contributed by atoms with Gasteiger partial charge in [0.05, 0.1) is 38.2 Å². The van der Waals surface area contributed by atoms with Crippen LogP contribution < -0.4 is 9.64 Å². The third kappa shape index (κ3) is 5.05. The molecule has 0 aliphatic carbocycles. The lowest BCUT2D eigenvalue weighted by Gasteiger charge is -2.28. The summed E-state index contributed by atoms with van der Waals surface area (Å²) in [6.07, 6.45) is 0. The number of morpholine rings is 1. The van der Waals surface area contributed by atoms with E-state index in [0.29, 0.717) is 30.7 Å². The number of carbonyl (C=O) groups is 1. The van der Waals surface area contributed by atoms with Gasteiger partial charge in [-0.25, -0.2) is 4.39 Å². The van der Waals surface area contributed by atoms with E-state index < -0.39 is 5.82 Å². The largest absolute Gasteiger partial charge is 0.496 e. The molecule has 31 heavy (non-hydrogen) atoms. The number of carbonyl (C=O) groups excluding carboxylic acids is 1. The summed E-state index contributed by atoms with van der Waals surface area (Å²) in [7, 11) is 1.46. The number of aromatic nitrogens is 3. The van der Waals surface area contributed by atoms with Crippen molar-refractivity contribution in [3.05, 3.63) is 65.5 Å². The molecule has 0 spiro atoms. The van der Waals surface area contributed by atoms with Crippen LogP contribution in [0.15, 0.2) is 53.7 Å². The van der Waals surface area contributed by atoms with Gasteiger partial charge >= 0.3 is 0 Å². The lowest BCUT2D eigenvalue weighted by atomic mass is 10.1. The van der Waals surface area contributed by atoms with Gasteiger partial charge in [-0.15, -0.1) is 10.2 Å². The summed E-state index contributed by atoms with van der Waals surface area (Å²) in [5, 5.41) is 9.38. The first-order valence-electron chi connectivity index (χ1n) is 9.95. The minimum Gasteiger partial charge on any atom is -0.496 e. The molecule has 3 aromatic rings. The molecule has 4 rings (SSSR count). The van der Waals surface area contributed by atoms with Gasteiger partial charge in [-0.3, -0.25) is 9.36 Å². The zero-order chi connectivity index (χ0) is 21.6. The highest BCUT2D eigenvalue weighted by atomic mass is 32.2. The van der Waals surface area contributed by atoms with Gasteiger partial charge in [-0.1, -0.05) is 42.1 Å². The van der Waals surface area contributed by atoms with Crippen molar-refractivity contribution in [2.75, 3.05) is 44.1 Å². The van der Waals surface area contributed by atoms with E-state index in [1.807, 2.05) is 34.9 Å². The molecular formula is C22H23FN4O3S. The number of nitrogens with zero attached hydrogens (tertiary/aromatic N) is 4. The average Bonchev–Trinajstić information content (AvgIpc) is 3.21. The second kappa shape index (κ2) is 9.93. The second-order valence-corrected chi connectivity index (χ2v) is 7.95. The number of hydrogen-bond donors (Lipinski definition) is 0. The Balaban J connectivity index is 1.57. The molecule has 1 aliphatic heterocycles. The van der Waals surface area contributed by atoms with E-state index in [2.05, 4.69) is 15.1 Å². The van der Waals surface area contributed by atoms with Crippen LogP contribution in [0.1, 0.15) is 15.9 Å². The number of Topliss-reactive ketones (excluding diaryl/α,β-unsaturated/α-hetero) is 1. The van der Waals surface area contributed by atoms with Gasteiger partial charge in [0.1, 0.15) is 11.6 Å². The molecule has 1 aliphatic rings. The van der Waals surface area contributed by atoms with Gasteiger partial charge in [0.25, 0.3) is 0 Å². The van der Waals surface area contributed by atoms with Crippen molar-refractivity contribution in [1.29, 1.82) is 0 Å². The van der Waals surface area contributed by atoms with Gasteiger partial charge in [0, 0.05) is 13.1 Å². The third-order valence-electron chi connectivity index (χ3n) is 4.97. The molecule has 9 heteroatoms. The van der Waals surface area contributed by atoms with Crippen molar-refractivity contribution >= 4 is 23.5 Å². The molecule has 0 unspecified atom stereocenters. The third-order valence-corrected chi connectivity index (χ3v) is 5.94. The number of thioether (sulfide) groups is 1. The Morgan fingerprint density at radius 3 is 2.68 bits per heavy atom. The van der Waals surface area contributed by atoms with Crippen LogP contribution in [0, 0.1) is 5.82 Å². The van der Waals surface area contributed by atoms with Gasteiger partial charge < -0.3 is 14.4 Å². The highest BCUT2D eigenvalue weighted by Crippen LogP contribution is 2.27. The van der Waals surface area contributed by atoms with Crippen LogP contribution in [0.2, 0.25) is 0 Å². The predicted octanol–water partition coefficient (Wildman–Crippen LogP) is 3.29. The standard InChI is InChI=1S/C22H23FN4O3S/c1-29-20-8-7-17(23)13-18(20)19(28)15-31-22-25-24-21(26-9-11-30-12-10-26)27(22)14-16-5-3-2-4-6-16/h2-8,13H,9-12,14-15H2,1H3. The van der Waals surface area contributed by atoms with Crippen LogP contribution in [0.25, 0.3) is 0 Å². The number of anilines is 1. The summed E-state index contributed by atoms with van der Waals surface area (Å²) in [5.74, 6) is 0.493. The van der Waals surface area contributed by atoms with Crippen LogP contribution in [-0.4, -0.2) is 59.7 Å². The summed E-state index contributed by atoms with van der Waals surface area (Å²) in [6, 6.07) is 14.0. The molecule has 0 atom stereocenters. The van der Waals surface area contributed by atoms with E-state index in [4.69, 9.17) is 9.47 Å². The molecule has 0 bridgehead atoms. The maximum atomic E-state index is 13.7. The molecule has 1 fully saturated rings. The number of benzene rings is 2. The van der Waals surface area contributed by atoms with Crippen LogP contribution in [0.5, 0.6) is 5.75 Å². The van der Waals surface area contributed by atoms with E-state index in [9.17, 15) is 9.18 Å². The van der Waals surface area contributed by atoms with Crippen molar-refractivity contribution in [2.45, 2.75) is 11.7 Å². The molecule has 0 radical (unpaired) electrons. The fraction of sp³-hybridized carbons (Fsp3) is 0.318. The van der Waals surface area contributed by atoms with E-state index in [0.717, 1.165) is 24.6 Å². The highest BCUT2D eigenvalue weighted by molar-refractivity contribution is 7.99. The quantitative estimate of drug-likeness (QED) is 0.392. The summed E-state index contributed by atoms with van der Waals surface area (Å²) in [6.45, 7) is 3.32. The number of ketones is 1. The summed E-state index contributed by atoms with van der Waals surface area (Å²) in [5.41, 5.74) is 1.33. The predicted molar refractivity (Wildman–Crippen MR) is 117 cm³/mol. The Bertz CT molecular complexity index is 1040. The van der Waals surface area contributed by atoms with Crippen molar-refractivity contribution in [2.24, 2.45) is 0 Å². The number of rotatable bonds is 8. The van der Waals surface area contributed by atoms with Crippen molar-refractivity contribution in [1.82, 2.24) is 14.8 Å². The number of hydrogen-bond acceptors (Lipinski definition) is 7. The van der Waals surface area contributed by atoms with Crippen molar-refractivity contribution < 1.29 is 18.7 Å². The van der Waals surface area contributed by atoms with Crippen LogP contribution in [0.3, 0.4) is 0 Å². The Hall–Kier alpha value is -2.91. The molecule has 2 aromatic carbocycles. The van der Waals surface area contributed by atoms with Crippen LogP contribution in [0.4, 0.5) is 10.3 Å². The minimum atomic E-state index is -0.476. The van der Waals surface area contributed by atoms with E-state index in [-0.39, 0.29) is 17.1 Å². The second-order valence-electron chi connectivity index (χ2n) is 7.01. The molecule has 1 aromatic heterocycles. The SMILES string of the molecule is COc1ccc(F)cc1C(=O)CSc1nnc(N2CCOCC2)n1Cc1ccccc1. The molecule has 2 heterocycles. The molecular weight excluding hydrogens is 419 g/mol. The van der Waals surface area contributed by atoms with E-state index in [1.54, 1.807) is 0 Å². The molecule has 0 N–H and O–H groups in total. The van der Waals surface area contributed by atoms with Gasteiger partial charge in [-0.2, -0.15) is 0 Å². The Labute approximate surface area is 184 Å². The summed E-state index contributed by atoms with van der Waals surface area (Å²) in [4.78, 5) is 14.9. The fourth-order valence-corrected chi connectivity index (χ4v) is 4.21. The lowest BCUT2D eigenvalue weighted by Crippen LogP contribution is -2.38. The maximum absolute atomic E-state index is 13.7. The molecule has 162 valence electrons. The average molecular weight is 443 g/mol. The monoisotopic (exact) mass is 442 g/mol. The summed E-state index contributed by atoms with van der Waals surface area (Å²) < 4.78 is 26.3. The first-order valence-corrected chi connectivity index (χ1v) is 10.9. The molecule has 0 amide bonds. The number of ether oxygens (including phenoxy) is 2. The Morgan fingerprint density at radius 1 is 1.16 bits per heavy atom. The van der Waals surface area contributed by atoms with Crippen molar-refractivity contribution in [3.8, 4) is 5.75 Å². The Morgan fingerprint density at radius 2 is 1.94 bits per heavy atom. The number of halogens is 1. The fourth-order valence-electron chi connectivity index (χ4n) is 3.40. The van der Waals surface area contributed by atoms with Gasteiger partial charge in [0.15, 0.2) is 10.9 Å². The minimum absolute atomic E-state index is 0.0931. The van der Waals surface area contributed by atoms with E-state index >= 15 is 0 Å². The Kier molecular flexibility index (Phi) is 6.83. The molecule has 7 nitrogen and oxygen atoms in total. The topological polar surface area (TPSA) is 69.5 Å². The first kappa shape index (κ1) is 21.3. The van der Waals surface area contributed by atoms with Gasteiger partial charge in [-0.05, 0) is 23.8 Å².